The van der Waals surface area contributed by atoms with Crippen LogP contribution in [0.2, 0.25) is 0 Å². The van der Waals surface area contributed by atoms with Gasteiger partial charge in [0, 0.05) is 0 Å². The molecule has 0 radical (unpaired) electrons. The van der Waals surface area contributed by atoms with Gasteiger partial charge in [-0.1, -0.05) is 52.0 Å². The largest absolute Gasteiger partial charge is 0.315 e. The highest BCUT2D eigenvalue weighted by Gasteiger charge is 2.69. The number of halogens is 7. The molecule has 0 amide bonds. The molecular weight excluding hydrogens is 345 g/mol. The third-order valence-electron chi connectivity index (χ3n) is 4.54. The van der Waals surface area contributed by atoms with Crippen molar-refractivity contribution in [2.24, 2.45) is 0 Å². The van der Waals surface area contributed by atoms with Crippen LogP contribution < -0.4 is 0 Å². The number of hydrogen-bond acceptors (Lipinski definition) is 0. The molecule has 0 spiro atoms. The molecule has 1 aliphatic carbocycles. The molecule has 0 bridgehead atoms. The fraction of sp³-hybridized carbons (Fsp3) is 0.600. The molecule has 23 heavy (non-hydrogen) atoms. The van der Waals surface area contributed by atoms with E-state index in [1.807, 2.05) is 6.92 Å². The normalized spacial score (nSPS) is 21.6. The summed E-state index contributed by atoms with van der Waals surface area (Å²) in [7, 11) is -10.4. The van der Waals surface area contributed by atoms with Gasteiger partial charge in [0.2, 0.25) is 0 Å². The minimum Gasteiger partial charge on any atom is -0.205 e. The lowest BCUT2D eigenvalue weighted by Crippen LogP contribution is -2.29. The third-order valence-corrected chi connectivity index (χ3v) is 5.70. The quantitative estimate of drug-likeness (QED) is 0.482. The summed E-state index contributed by atoms with van der Waals surface area (Å²) in [5.74, 6) is -4.44. The molecule has 1 saturated carbocycles. The fourth-order valence-electron chi connectivity index (χ4n) is 3.62. The van der Waals surface area contributed by atoms with Crippen LogP contribution in [-0.2, 0) is 5.41 Å². The van der Waals surface area contributed by atoms with E-state index in [-0.39, 0.29) is 5.56 Å². The predicted molar refractivity (Wildman–Crippen MR) is 77.4 cm³/mol. The highest BCUT2D eigenvalue weighted by atomic mass is 32.5. The van der Waals surface area contributed by atoms with Crippen molar-refractivity contribution >= 4 is 10.2 Å². The first-order valence-corrected chi connectivity index (χ1v) is 9.48. The van der Waals surface area contributed by atoms with E-state index in [0.29, 0.717) is 37.8 Å². The molecule has 1 fully saturated rings. The van der Waals surface area contributed by atoms with Gasteiger partial charge in [-0.05, 0) is 42.4 Å². The first-order chi connectivity index (χ1) is 10.3. The molecule has 0 aromatic heterocycles. The molecule has 1 aliphatic rings. The van der Waals surface area contributed by atoms with E-state index < -0.39 is 32.2 Å². The summed E-state index contributed by atoms with van der Waals surface area (Å²) >= 11 is 0. The molecule has 8 heteroatoms. The summed E-state index contributed by atoms with van der Waals surface area (Å²) in [5, 5.41) is 0. The van der Waals surface area contributed by atoms with Crippen LogP contribution in [0.25, 0.3) is 0 Å². The van der Waals surface area contributed by atoms with E-state index >= 15 is 0 Å². The second kappa shape index (κ2) is 5.04. The number of rotatable bonds is 4. The standard InChI is InChI=1S/C15H19F7S/c1-2-6-15(7-4-3-5-8-15)11-9-12(16)14(13(17)10-11)23(18,19,20,21)22/h9-10H,2-8H2,1H3. The summed E-state index contributed by atoms with van der Waals surface area (Å²) < 4.78 is 91.7. The van der Waals surface area contributed by atoms with Crippen molar-refractivity contribution in [3.8, 4) is 0 Å². The topological polar surface area (TPSA) is 0 Å². The summed E-state index contributed by atoms with van der Waals surface area (Å²) in [6.07, 6.45) is 4.97. The van der Waals surface area contributed by atoms with Crippen LogP contribution in [0.3, 0.4) is 0 Å². The summed E-state index contributed by atoms with van der Waals surface area (Å²) in [4.78, 5) is -3.03. The summed E-state index contributed by atoms with van der Waals surface area (Å²) in [6, 6.07) is 0.911. The molecule has 0 unspecified atom stereocenters. The SMILES string of the molecule is CCCC1(c2cc(F)c(S(F)(F)(F)(F)F)c(F)c2)CCCCC1. The van der Waals surface area contributed by atoms with Crippen LogP contribution in [-0.4, -0.2) is 0 Å². The Balaban J connectivity index is 2.60. The van der Waals surface area contributed by atoms with Crippen molar-refractivity contribution < 1.29 is 28.2 Å². The molecule has 2 rings (SSSR count). The Morgan fingerprint density at radius 3 is 1.78 bits per heavy atom. The van der Waals surface area contributed by atoms with Crippen LogP contribution >= 0.6 is 10.2 Å². The maximum atomic E-state index is 13.9. The first kappa shape index (κ1) is 18.4. The van der Waals surface area contributed by atoms with Crippen LogP contribution in [0.15, 0.2) is 17.0 Å². The van der Waals surface area contributed by atoms with Crippen molar-refractivity contribution in [3.05, 3.63) is 29.3 Å². The van der Waals surface area contributed by atoms with Gasteiger partial charge in [-0.25, -0.2) is 8.78 Å². The summed E-state index contributed by atoms with van der Waals surface area (Å²) in [6.45, 7) is 1.87. The van der Waals surface area contributed by atoms with E-state index in [1.54, 1.807) is 0 Å². The molecule has 0 saturated heterocycles. The smallest absolute Gasteiger partial charge is 0.205 e. The predicted octanol–water partition coefficient (Wildman–Crippen LogP) is 7.62. The van der Waals surface area contributed by atoms with Gasteiger partial charge in [0.05, 0.1) is 0 Å². The lowest BCUT2D eigenvalue weighted by atomic mass is 9.67. The molecule has 0 heterocycles. The van der Waals surface area contributed by atoms with Gasteiger partial charge in [0.25, 0.3) is 0 Å². The third kappa shape index (κ3) is 3.78. The summed E-state index contributed by atoms with van der Waals surface area (Å²) in [5.41, 5.74) is -0.579. The van der Waals surface area contributed by atoms with Crippen LogP contribution in [0.1, 0.15) is 57.4 Å². The molecule has 1 aromatic rings. The number of hydrogen-bond donors (Lipinski definition) is 0. The minimum absolute atomic E-state index is 0.0552. The number of benzene rings is 1. The van der Waals surface area contributed by atoms with Crippen molar-refractivity contribution in [1.29, 1.82) is 0 Å². The second-order valence-electron chi connectivity index (χ2n) is 6.33. The van der Waals surface area contributed by atoms with Crippen LogP contribution in [0.4, 0.5) is 28.2 Å². The minimum atomic E-state index is -10.4. The van der Waals surface area contributed by atoms with Gasteiger partial charge >= 0.3 is 10.2 Å². The van der Waals surface area contributed by atoms with E-state index in [1.165, 1.54) is 0 Å². The fourth-order valence-corrected chi connectivity index (χ4v) is 4.48. The lowest BCUT2D eigenvalue weighted by Gasteiger charge is -2.42. The van der Waals surface area contributed by atoms with Crippen molar-refractivity contribution in [1.82, 2.24) is 0 Å². The van der Waals surface area contributed by atoms with Gasteiger partial charge < -0.3 is 0 Å². The van der Waals surface area contributed by atoms with Gasteiger partial charge in [0.1, 0.15) is 11.6 Å². The molecule has 0 nitrogen and oxygen atoms in total. The lowest BCUT2D eigenvalue weighted by molar-refractivity contribution is 0.268. The molecular formula is C15H19F7S. The van der Waals surface area contributed by atoms with Crippen molar-refractivity contribution in [3.63, 3.8) is 0 Å². The molecule has 0 N–H and O–H groups in total. The Hall–Kier alpha value is -0.920. The second-order valence-corrected chi connectivity index (χ2v) is 8.68. The van der Waals surface area contributed by atoms with Crippen molar-refractivity contribution in [2.45, 2.75) is 62.2 Å². The van der Waals surface area contributed by atoms with E-state index in [9.17, 15) is 28.2 Å². The average molecular weight is 364 g/mol. The van der Waals surface area contributed by atoms with E-state index in [4.69, 9.17) is 0 Å². The monoisotopic (exact) mass is 364 g/mol. The van der Waals surface area contributed by atoms with Gasteiger partial charge in [-0.15, -0.1) is 0 Å². The van der Waals surface area contributed by atoms with Gasteiger partial charge in [-0.3, -0.25) is 0 Å². The van der Waals surface area contributed by atoms with E-state index in [0.717, 1.165) is 19.3 Å². The molecule has 0 aliphatic heterocycles. The zero-order valence-corrected chi connectivity index (χ0v) is 13.5. The Bertz CT molecular complexity index is 571. The molecule has 0 atom stereocenters. The zero-order valence-electron chi connectivity index (χ0n) is 12.7. The Morgan fingerprint density at radius 1 is 0.913 bits per heavy atom. The molecule has 1 aromatic carbocycles. The first-order valence-electron chi connectivity index (χ1n) is 7.53. The average Bonchev–Trinajstić information content (AvgIpc) is 2.35. The zero-order chi connectivity index (χ0) is 17.6. The Morgan fingerprint density at radius 2 is 1.39 bits per heavy atom. The van der Waals surface area contributed by atoms with Crippen LogP contribution in [0, 0.1) is 11.6 Å². The Labute approximate surface area is 130 Å². The van der Waals surface area contributed by atoms with Gasteiger partial charge in [-0.2, -0.15) is 0 Å². The maximum absolute atomic E-state index is 13.9. The Kier molecular flexibility index (Phi) is 4.03. The highest BCUT2D eigenvalue weighted by molar-refractivity contribution is 8.45. The maximum Gasteiger partial charge on any atom is 0.315 e. The van der Waals surface area contributed by atoms with Gasteiger partial charge in [0.15, 0.2) is 4.90 Å². The van der Waals surface area contributed by atoms with E-state index in [2.05, 4.69) is 0 Å². The van der Waals surface area contributed by atoms with Crippen molar-refractivity contribution in [2.75, 3.05) is 0 Å². The highest BCUT2D eigenvalue weighted by Crippen LogP contribution is 3.02. The van der Waals surface area contributed by atoms with Crippen LogP contribution in [0.5, 0.6) is 0 Å². The molecule has 134 valence electrons.